The molecule has 18 heavy (non-hydrogen) atoms. The van der Waals surface area contributed by atoms with E-state index >= 15 is 0 Å². The van der Waals surface area contributed by atoms with Crippen molar-refractivity contribution < 1.29 is 14.3 Å². The quantitative estimate of drug-likeness (QED) is 0.782. The Balaban J connectivity index is 2.80. The fraction of sp³-hybridized carbons (Fsp3) is 0.500. The van der Waals surface area contributed by atoms with Crippen molar-refractivity contribution in [1.29, 1.82) is 0 Å². The summed E-state index contributed by atoms with van der Waals surface area (Å²) in [6.45, 7) is 4.19. The van der Waals surface area contributed by atoms with Crippen LogP contribution in [0.3, 0.4) is 0 Å². The predicted octanol–water partition coefficient (Wildman–Crippen LogP) is 1.69. The van der Waals surface area contributed by atoms with Crippen molar-refractivity contribution in [3.8, 4) is 5.75 Å². The second-order valence-corrected chi connectivity index (χ2v) is 4.05. The summed E-state index contributed by atoms with van der Waals surface area (Å²) < 4.78 is 10.1. The zero-order valence-electron chi connectivity index (χ0n) is 11.2. The van der Waals surface area contributed by atoms with Gasteiger partial charge in [0, 0.05) is 0 Å². The molecule has 0 aliphatic carbocycles. The van der Waals surface area contributed by atoms with Crippen LogP contribution in [-0.4, -0.2) is 25.7 Å². The number of carbonyl (C=O) groups is 1. The van der Waals surface area contributed by atoms with E-state index in [1.165, 1.54) is 0 Å². The second kappa shape index (κ2) is 7.01. The van der Waals surface area contributed by atoms with Crippen molar-refractivity contribution in [1.82, 2.24) is 0 Å². The highest BCUT2D eigenvalue weighted by Crippen LogP contribution is 2.19. The van der Waals surface area contributed by atoms with Crippen molar-refractivity contribution in [3.05, 3.63) is 29.3 Å². The Morgan fingerprint density at radius 3 is 2.61 bits per heavy atom. The molecule has 0 aliphatic heterocycles. The summed E-state index contributed by atoms with van der Waals surface area (Å²) in [7, 11) is 1.64. The monoisotopic (exact) mass is 251 g/mol. The number of carbonyl (C=O) groups excluding carboxylic acids is 1. The normalized spacial score (nSPS) is 12.0. The summed E-state index contributed by atoms with van der Waals surface area (Å²) in [5.74, 6) is 0.468. The largest absolute Gasteiger partial charge is 0.497 e. The first kappa shape index (κ1) is 14.5. The van der Waals surface area contributed by atoms with Gasteiger partial charge in [0.25, 0.3) is 0 Å². The van der Waals surface area contributed by atoms with E-state index in [0.29, 0.717) is 13.0 Å². The summed E-state index contributed by atoms with van der Waals surface area (Å²) in [6.07, 6.45) is 1.37. The number of hydrogen-bond acceptors (Lipinski definition) is 4. The molecule has 4 heteroatoms. The number of aryl methyl sites for hydroxylation is 1. The van der Waals surface area contributed by atoms with E-state index in [-0.39, 0.29) is 5.97 Å². The highest BCUT2D eigenvalue weighted by atomic mass is 16.5. The van der Waals surface area contributed by atoms with Crippen molar-refractivity contribution in [2.24, 2.45) is 5.73 Å². The average molecular weight is 251 g/mol. The topological polar surface area (TPSA) is 61.5 Å². The van der Waals surface area contributed by atoms with Gasteiger partial charge in [0.1, 0.15) is 11.8 Å². The van der Waals surface area contributed by atoms with E-state index < -0.39 is 6.04 Å². The second-order valence-electron chi connectivity index (χ2n) is 4.05. The van der Waals surface area contributed by atoms with E-state index in [2.05, 4.69) is 6.92 Å². The first-order chi connectivity index (χ1) is 8.62. The van der Waals surface area contributed by atoms with Crippen LogP contribution < -0.4 is 10.5 Å². The number of benzene rings is 1. The van der Waals surface area contributed by atoms with Gasteiger partial charge in [0.2, 0.25) is 0 Å². The van der Waals surface area contributed by atoms with Gasteiger partial charge >= 0.3 is 5.97 Å². The molecule has 0 amide bonds. The Labute approximate surface area is 108 Å². The third-order valence-electron chi connectivity index (χ3n) is 2.82. The molecule has 0 saturated heterocycles. The van der Waals surface area contributed by atoms with Gasteiger partial charge in [-0.1, -0.05) is 13.0 Å². The van der Waals surface area contributed by atoms with Crippen LogP contribution in [0.1, 0.15) is 25.0 Å². The Morgan fingerprint density at radius 2 is 2.06 bits per heavy atom. The zero-order chi connectivity index (χ0) is 13.5. The van der Waals surface area contributed by atoms with Gasteiger partial charge in [0.15, 0.2) is 0 Å². The number of hydrogen-bond donors (Lipinski definition) is 1. The molecule has 1 atom stereocenters. The third kappa shape index (κ3) is 3.74. The Morgan fingerprint density at radius 1 is 1.33 bits per heavy atom. The van der Waals surface area contributed by atoms with Gasteiger partial charge in [0.05, 0.1) is 13.7 Å². The maximum atomic E-state index is 11.5. The predicted molar refractivity (Wildman–Crippen MR) is 70.7 cm³/mol. The molecule has 0 heterocycles. The lowest BCUT2D eigenvalue weighted by molar-refractivity contribution is -0.144. The van der Waals surface area contributed by atoms with Crippen LogP contribution in [0.2, 0.25) is 0 Å². The van der Waals surface area contributed by atoms with Crippen molar-refractivity contribution in [3.63, 3.8) is 0 Å². The standard InChI is InChI=1S/C14H21NO3/c1-4-10-8-12(17-3)7-6-11(10)9-13(15)14(16)18-5-2/h6-8,13H,4-5,9,15H2,1-3H3. The molecule has 0 spiro atoms. The Bertz CT molecular complexity index is 404. The van der Waals surface area contributed by atoms with E-state index in [4.69, 9.17) is 15.2 Å². The SMILES string of the molecule is CCOC(=O)C(N)Cc1ccc(OC)cc1CC. The van der Waals surface area contributed by atoms with Crippen LogP contribution in [-0.2, 0) is 22.4 Å². The van der Waals surface area contributed by atoms with Crippen LogP contribution in [0.25, 0.3) is 0 Å². The minimum Gasteiger partial charge on any atom is -0.497 e. The Hall–Kier alpha value is -1.55. The van der Waals surface area contributed by atoms with Crippen molar-refractivity contribution in [2.45, 2.75) is 32.7 Å². The fourth-order valence-electron chi connectivity index (χ4n) is 1.83. The summed E-state index contributed by atoms with van der Waals surface area (Å²) in [6, 6.07) is 5.21. The highest BCUT2D eigenvalue weighted by molar-refractivity contribution is 5.76. The van der Waals surface area contributed by atoms with Gasteiger partial charge in [-0.25, -0.2) is 0 Å². The number of methoxy groups -OCH3 is 1. The zero-order valence-corrected chi connectivity index (χ0v) is 11.2. The van der Waals surface area contributed by atoms with Gasteiger partial charge in [-0.2, -0.15) is 0 Å². The number of ether oxygens (including phenoxy) is 2. The van der Waals surface area contributed by atoms with Gasteiger partial charge in [-0.05, 0) is 43.0 Å². The molecule has 0 aliphatic rings. The van der Waals surface area contributed by atoms with Gasteiger partial charge in [-0.3, -0.25) is 4.79 Å². The summed E-state index contributed by atoms with van der Waals surface area (Å²) in [4.78, 5) is 11.5. The molecule has 1 aromatic rings. The lowest BCUT2D eigenvalue weighted by Crippen LogP contribution is -2.34. The average Bonchev–Trinajstić information content (AvgIpc) is 2.39. The third-order valence-corrected chi connectivity index (χ3v) is 2.82. The molecular formula is C14H21NO3. The molecule has 0 radical (unpaired) electrons. The number of nitrogens with two attached hydrogens (primary N) is 1. The van der Waals surface area contributed by atoms with Crippen LogP contribution in [0.4, 0.5) is 0 Å². The maximum absolute atomic E-state index is 11.5. The van der Waals surface area contributed by atoms with Crippen LogP contribution in [0.5, 0.6) is 5.75 Å². The number of esters is 1. The van der Waals surface area contributed by atoms with Crippen LogP contribution in [0.15, 0.2) is 18.2 Å². The van der Waals surface area contributed by atoms with Crippen molar-refractivity contribution in [2.75, 3.05) is 13.7 Å². The molecule has 0 aromatic heterocycles. The summed E-state index contributed by atoms with van der Waals surface area (Å²) in [5, 5.41) is 0. The molecule has 1 unspecified atom stereocenters. The van der Waals surface area contributed by atoms with E-state index in [1.54, 1.807) is 14.0 Å². The fourth-order valence-corrected chi connectivity index (χ4v) is 1.83. The summed E-state index contributed by atoms with van der Waals surface area (Å²) in [5.41, 5.74) is 8.04. The lowest BCUT2D eigenvalue weighted by Gasteiger charge is -2.14. The Kier molecular flexibility index (Phi) is 5.65. The first-order valence-electron chi connectivity index (χ1n) is 6.20. The van der Waals surface area contributed by atoms with E-state index in [0.717, 1.165) is 23.3 Å². The van der Waals surface area contributed by atoms with Crippen LogP contribution >= 0.6 is 0 Å². The molecule has 0 fully saturated rings. The van der Waals surface area contributed by atoms with E-state index in [9.17, 15) is 4.79 Å². The maximum Gasteiger partial charge on any atom is 0.323 e. The van der Waals surface area contributed by atoms with Gasteiger partial charge in [-0.15, -0.1) is 0 Å². The molecule has 1 rings (SSSR count). The molecule has 100 valence electrons. The molecule has 4 nitrogen and oxygen atoms in total. The molecule has 0 bridgehead atoms. The van der Waals surface area contributed by atoms with Gasteiger partial charge < -0.3 is 15.2 Å². The first-order valence-corrected chi connectivity index (χ1v) is 6.20. The molecule has 0 saturated carbocycles. The minimum absolute atomic E-state index is 0.352. The lowest BCUT2D eigenvalue weighted by atomic mass is 9.98. The van der Waals surface area contributed by atoms with Crippen LogP contribution in [0, 0.1) is 0 Å². The van der Waals surface area contributed by atoms with E-state index in [1.807, 2.05) is 18.2 Å². The molecular weight excluding hydrogens is 230 g/mol. The summed E-state index contributed by atoms with van der Waals surface area (Å²) >= 11 is 0. The number of rotatable bonds is 6. The minimum atomic E-state index is -0.608. The molecule has 2 N–H and O–H groups in total. The smallest absolute Gasteiger partial charge is 0.323 e. The van der Waals surface area contributed by atoms with Crippen molar-refractivity contribution >= 4 is 5.97 Å². The highest BCUT2D eigenvalue weighted by Gasteiger charge is 2.16. The molecule has 1 aromatic carbocycles.